The molecular formula is C21H21N3O6. The Labute approximate surface area is 172 Å². The summed E-state index contributed by atoms with van der Waals surface area (Å²) < 4.78 is 5.08. The lowest BCUT2D eigenvalue weighted by Gasteiger charge is -2.20. The van der Waals surface area contributed by atoms with Crippen LogP contribution in [0, 0.1) is 10.1 Å². The SMILES string of the molecule is O=C(NCCC(O)C(O)c1ccc([N+](=O)[O-])c2cnccc12)OCc1ccccc1. The molecule has 0 spiro atoms. The molecule has 2 atom stereocenters. The lowest BCUT2D eigenvalue weighted by Crippen LogP contribution is -2.29. The third-order valence-electron chi connectivity index (χ3n) is 4.63. The molecule has 2 unspecified atom stereocenters. The number of carbonyl (C=O) groups excluding carboxylic acids is 1. The zero-order chi connectivity index (χ0) is 21.5. The zero-order valence-electron chi connectivity index (χ0n) is 16.0. The van der Waals surface area contributed by atoms with Crippen LogP contribution in [0.25, 0.3) is 10.8 Å². The summed E-state index contributed by atoms with van der Waals surface area (Å²) in [5.74, 6) is 0. The van der Waals surface area contributed by atoms with Crippen molar-refractivity contribution in [1.29, 1.82) is 0 Å². The molecule has 1 aromatic heterocycles. The van der Waals surface area contributed by atoms with E-state index in [4.69, 9.17) is 4.74 Å². The first kappa shape index (κ1) is 21.2. The van der Waals surface area contributed by atoms with Gasteiger partial charge in [0.05, 0.1) is 16.4 Å². The number of aromatic nitrogens is 1. The van der Waals surface area contributed by atoms with Crippen LogP contribution in [0.1, 0.15) is 23.7 Å². The van der Waals surface area contributed by atoms with Gasteiger partial charge in [-0.1, -0.05) is 30.3 Å². The van der Waals surface area contributed by atoms with Gasteiger partial charge in [0.1, 0.15) is 12.7 Å². The highest BCUT2D eigenvalue weighted by atomic mass is 16.6. The molecule has 0 radical (unpaired) electrons. The van der Waals surface area contributed by atoms with Crippen molar-refractivity contribution in [1.82, 2.24) is 10.3 Å². The van der Waals surface area contributed by atoms with Gasteiger partial charge in [0.25, 0.3) is 5.69 Å². The van der Waals surface area contributed by atoms with E-state index in [1.165, 1.54) is 24.5 Å². The molecule has 0 aliphatic carbocycles. The molecule has 3 N–H and O–H groups in total. The molecule has 0 aliphatic heterocycles. The number of amides is 1. The van der Waals surface area contributed by atoms with Crippen molar-refractivity contribution in [3.05, 3.63) is 82.2 Å². The first-order chi connectivity index (χ1) is 14.5. The van der Waals surface area contributed by atoms with Crippen LogP contribution in [-0.4, -0.2) is 38.9 Å². The van der Waals surface area contributed by atoms with E-state index in [1.54, 1.807) is 6.07 Å². The van der Waals surface area contributed by atoms with Gasteiger partial charge in [-0.15, -0.1) is 0 Å². The highest BCUT2D eigenvalue weighted by Crippen LogP contribution is 2.32. The quantitative estimate of drug-likeness (QED) is 0.383. The number of fused-ring (bicyclic) bond motifs is 1. The maximum Gasteiger partial charge on any atom is 0.407 e. The van der Waals surface area contributed by atoms with Crippen LogP contribution in [0.2, 0.25) is 0 Å². The molecule has 9 heteroatoms. The summed E-state index contributed by atoms with van der Waals surface area (Å²) in [6, 6.07) is 13.4. The molecule has 2 aromatic carbocycles. The Morgan fingerprint density at radius 1 is 1.13 bits per heavy atom. The number of rotatable bonds is 8. The second kappa shape index (κ2) is 9.77. The van der Waals surface area contributed by atoms with E-state index < -0.39 is 23.2 Å². The smallest absolute Gasteiger partial charge is 0.407 e. The first-order valence-electron chi connectivity index (χ1n) is 9.29. The summed E-state index contributed by atoms with van der Waals surface area (Å²) in [6.07, 6.45) is -0.257. The Morgan fingerprint density at radius 3 is 2.63 bits per heavy atom. The van der Waals surface area contributed by atoms with Crippen molar-refractivity contribution in [2.75, 3.05) is 6.54 Å². The molecule has 1 amide bonds. The van der Waals surface area contributed by atoms with Crippen molar-refractivity contribution in [3.8, 4) is 0 Å². The standard InChI is InChI=1S/C21H21N3O6/c25-19(9-11-23-21(27)30-13-14-4-2-1-3-5-14)20(26)16-6-7-18(24(28)29)17-12-22-10-8-15(16)17/h1-8,10,12,19-20,25-26H,9,11,13H2,(H,23,27). The first-order valence-corrected chi connectivity index (χ1v) is 9.29. The number of hydrogen-bond donors (Lipinski definition) is 3. The van der Waals surface area contributed by atoms with E-state index in [0.29, 0.717) is 10.9 Å². The molecule has 9 nitrogen and oxygen atoms in total. The number of nitro benzene ring substituents is 1. The van der Waals surface area contributed by atoms with Crippen molar-refractivity contribution in [2.24, 2.45) is 0 Å². The molecule has 0 saturated carbocycles. The van der Waals surface area contributed by atoms with Crippen molar-refractivity contribution >= 4 is 22.6 Å². The van der Waals surface area contributed by atoms with E-state index in [1.807, 2.05) is 30.3 Å². The fraction of sp³-hybridized carbons (Fsp3) is 0.238. The summed E-state index contributed by atoms with van der Waals surface area (Å²) in [6.45, 7) is 0.207. The van der Waals surface area contributed by atoms with Gasteiger partial charge in [-0.05, 0) is 35.1 Å². The number of nitrogens with one attached hydrogen (secondary N) is 1. The third kappa shape index (κ3) is 5.07. The molecule has 0 fully saturated rings. The summed E-state index contributed by atoms with van der Waals surface area (Å²) in [5, 5.41) is 35.3. The molecule has 0 bridgehead atoms. The molecule has 0 saturated heterocycles. The number of nitrogens with zero attached hydrogens (tertiary/aromatic N) is 2. The Balaban J connectivity index is 1.57. The number of ether oxygens (including phenoxy) is 1. The predicted octanol–water partition coefficient (Wildman–Crippen LogP) is 2.85. The minimum atomic E-state index is -1.29. The highest BCUT2D eigenvalue weighted by molar-refractivity contribution is 5.92. The van der Waals surface area contributed by atoms with Crippen LogP contribution in [0.3, 0.4) is 0 Å². The highest BCUT2D eigenvalue weighted by Gasteiger charge is 2.23. The minimum Gasteiger partial charge on any atom is -0.445 e. The Bertz CT molecular complexity index is 1030. The number of carbonyl (C=O) groups is 1. The average Bonchev–Trinajstić information content (AvgIpc) is 2.77. The number of pyridine rings is 1. The predicted molar refractivity (Wildman–Crippen MR) is 109 cm³/mol. The lowest BCUT2D eigenvalue weighted by molar-refractivity contribution is -0.383. The summed E-state index contributed by atoms with van der Waals surface area (Å²) in [4.78, 5) is 26.3. The van der Waals surface area contributed by atoms with E-state index in [0.717, 1.165) is 5.56 Å². The zero-order valence-corrected chi connectivity index (χ0v) is 16.0. The molecule has 3 rings (SSSR count). The Hall–Kier alpha value is -3.56. The van der Waals surface area contributed by atoms with E-state index in [2.05, 4.69) is 10.3 Å². The van der Waals surface area contributed by atoms with Gasteiger partial charge < -0.3 is 20.3 Å². The molecule has 156 valence electrons. The second-order valence-corrected chi connectivity index (χ2v) is 6.64. The molecular weight excluding hydrogens is 390 g/mol. The van der Waals surface area contributed by atoms with Gasteiger partial charge in [-0.2, -0.15) is 0 Å². The van der Waals surface area contributed by atoms with Gasteiger partial charge in [0.15, 0.2) is 0 Å². The monoisotopic (exact) mass is 411 g/mol. The fourth-order valence-electron chi connectivity index (χ4n) is 3.08. The van der Waals surface area contributed by atoms with Crippen LogP contribution in [0.4, 0.5) is 10.5 Å². The van der Waals surface area contributed by atoms with Gasteiger partial charge in [0.2, 0.25) is 0 Å². The number of benzene rings is 2. The summed E-state index contributed by atoms with van der Waals surface area (Å²) >= 11 is 0. The number of aliphatic hydroxyl groups excluding tert-OH is 2. The normalized spacial score (nSPS) is 12.9. The van der Waals surface area contributed by atoms with Gasteiger partial charge in [0, 0.05) is 25.0 Å². The number of aliphatic hydroxyl groups is 2. The minimum absolute atomic E-state index is 0.0607. The largest absolute Gasteiger partial charge is 0.445 e. The second-order valence-electron chi connectivity index (χ2n) is 6.64. The maximum absolute atomic E-state index is 11.8. The van der Waals surface area contributed by atoms with Gasteiger partial charge in [-0.25, -0.2) is 4.79 Å². The topological polar surface area (TPSA) is 135 Å². The molecule has 1 heterocycles. The average molecular weight is 411 g/mol. The number of alkyl carbamates (subject to hydrolysis) is 1. The molecule has 0 aliphatic rings. The van der Waals surface area contributed by atoms with Crippen molar-refractivity contribution in [2.45, 2.75) is 25.2 Å². The van der Waals surface area contributed by atoms with Gasteiger partial charge >= 0.3 is 6.09 Å². The van der Waals surface area contributed by atoms with E-state index >= 15 is 0 Å². The fourth-order valence-corrected chi connectivity index (χ4v) is 3.08. The maximum atomic E-state index is 11.8. The third-order valence-corrected chi connectivity index (χ3v) is 4.63. The van der Waals surface area contributed by atoms with E-state index in [9.17, 15) is 25.1 Å². The van der Waals surface area contributed by atoms with Crippen LogP contribution in [0.15, 0.2) is 60.9 Å². The molecule has 3 aromatic rings. The van der Waals surface area contributed by atoms with Crippen LogP contribution in [0.5, 0.6) is 0 Å². The summed E-state index contributed by atoms with van der Waals surface area (Å²) in [5.41, 5.74) is 1.06. The molecule has 30 heavy (non-hydrogen) atoms. The Kier molecular flexibility index (Phi) is 6.89. The van der Waals surface area contributed by atoms with Crippen molar-refractivity contribution in [3.63, 3.8) is 0 Å². The number of hydrogen-bond acceptors (Lipinski definition) is 7. The lowest BCUT2D eigenvalue weighted by atomic mass is 9.96. The van der Waals surface area contributed by atoms with E-state index in [-0.39, 0.29) is 30.6 Å². The summed E-state index contributed by atoms with van der Waals surface area (Å²) in [7, 11) is 0. The van der Waals surface area contributed by atoms with Gasteiger partial charge in [-0.3, -0.25) is 15.1 Å². The van der Waals surface area contributed by atoms with Crippen LogP contribution >= 0.6 is 0 Å². The number of nitro groups is 1. The number of non-ortho nitro benzene ring substituents is 1. The van der Waals surface area contributed by atoms with Crippen LogP contribution in [-0.2, 0) is 11.3 Å². The van der Waals surface area contributed by atoms with Crippen molar-refractivity contribution < 1.29 is 24.7 Å². The van der Waals surface area contributed by atoms with Crippen LogP contribution < -0.4 is 5.32 Å². The Morgan fingerprint density at radius 2 is 1.90 bits per heavy atom.